The van der Waals surface area contributed by atoms with Crippen LogP contribution in [-0.4, -0.2) is 37.2 Å². The van der Waals surface area contributed by atoms with Crippen LogP contribution >= 0.6 is 11.3 Å². The molecule has 2 aromatic carbocycles. The Kier molecular flexibility index (Phi) is 5.14. The average molecular weight is 404 g/mol. The number of rotatable bonds is 4. The Morgan fingerprint density at radius 3 is 2.48 bits per heavy atom. The Morgan fingerprint density at radius 1 is 1.00 bits per heavy atom. The number of anilines is 2. The third-order valence-corrected chi connectivity index (χ3v) is 5.86. The second-order valence-corrected chi connectivity index (χ2v) is 7.44. The molecule has 2 aromatic heterocycles. The first-order valence-electron chi connectivity index (χ1n) is 9.04. The molecule has 6 nitrogen and oxygen atoms in total. The molecule has 0 aliphatic carbocycles. The maximum atomic E-state index is 13.0. The minimum Gasteiger partial charge on any atom is -0.494 e. The Labute approximate surface area is 173 Å². The lowest BCUT2D eigenvalue weighted by molar-refractivity contribution is 0.253. The van der Waals surface area contributed by atoms with Crippen LogP contribution in [0.2, 0.25) is 0 Å². The maximum Gasteiger partial charge on any atom is 0.330 e. The van der Waals surface area contributed by atoms with Gasteiger partial charge in [0.15, 0.2) is 5.13 Å². The van der Waals surface area contributed by atoms with Crippen molar-refractivity contribution in [3.05, 3.63) is 67.0 Å². The van der Waals surface area contributed by atoms with E-state index in [0.29, 0.717) is 16.6 Å². The predicted molar refractivity (Wildman–Crippen MR) is 118 cm³/mol. The van der Waals surface area contributed by atoms with Gasteiger partial charge in [-0.1, -0.05) is 41.7 Å². The van der Waals surface area contributed by atoms with E-state index in [1.165, 1.54) is 11.3 Å². The number of amides is 2. The average Bonchev–Trinajstić information content (AvgIpc) is 3.23. The lowest BCUT2D eigenvalue weighted by atomic mass is 10.1. The molecule has 4 aromatic rings. The number of pyridine rings is 1. The maximum absolute atomic E-state index is 13.0. The van der Waals surface area contributed by atoms with Gasteiger partial charge in [-0.2, -0.15) is 0 Å². The first-order valence-corrected chi connectivity index (χ1v) is 9.86. The second kappa shape index (κ2) is 7.89. The standard InChI is InChI=1S/C22H20N4O2S/c1-25(16-10-7-13-23-14-16)22(27)26(2)21-24-19-18(28-3)12-11-17(20(19)29-21)15-8-5-4-6-9-15/h4-14H,1-3H3. The molecule has 0 saturated heterocycles. The van der Waals surface area contributed by atoms with Gasteiger partial charge in [0.2, 0.25) is 0 Å². The molecule has 4 rings (SSSR count). The van der Waals surface area contributed by atoms with Crippen LogP contribution in [0, 0.1) is 0 Å². The fourth-order valence-electron chi connectivity index (χ4n) is 3.09. The molecule has 146 valence electrons. The molecule has 0 spiro atoms. The fraction of sp³-hybridized carbons (Fsp3) is 0.136. The van der Waals surface area contributed by atoms with E-state index >= 15 is 0 Å². The molecule has 0 fully saturated rings. The number of aromatic nitrogens is 2. The van der Waals surface area contributed by atoms with E-state index in [9.17, 15) is 4.79 Å². The van der Waals surface area contributed by atoms with E-state index in [-0.39, 0.29) is 6.03 Å². The fourth-order valence-corrected chi connectivity index (χ4v) is 4.17. The summed E-state index contributed by atoms with van der Waals surface area (Å²) in [6.45, 7) is 0. The van der Waals surface area contributed by atoms with E-state index in [0.717, 1.165) is 21.3 Å². The molecular formula is C22H20N4O2S. The van der Waals surface area contributed by atoms with E-state index in [1.807, 2.05) is 36.4 Å². The van der Waals surface area contributed by atoms with Crippen LogP contribution in [0.25, 0.3) is 21.3 Å². The van der Waals surface area contributed by atoms with Crippen molar-refractivity contribution in [2.75, 3.05) is 31.0 Å². The van der Waals surface area contributed by atoms with Crippen LogP contribution in [0.15, 0.2) is 67.0 Å². The highest BCUT2D eigenvalue weighted by Crippen LogP contribution is 2.40. The monoisotopic (exact) mass is 404 g/mol. The highest BCUT2D eigenvalue weighted by molar-refractivity contribution is 7.23. The Morgan fingerprint density at radius 2 is 1.79 bits per heavy atom. The minimum absolute atomic E-state index is 0.197. The highest BCUT2D eigenvalue weighted by atomic mass is 32.1. The zero-order valence-electron chi connectivity index (χ0n) is 16.4. The molecule has 0 radical (unpaired) electrons. The summed E-state index contributed by atoms with van der Waals surface area (Å²) in [5.41, 5.74) is 3.62. The predicted octanol–water partition coefficient (Wildman–Crippen LogP) is 5.06. The number of benzene rings is 2. The molecule has 0 saturated carbocycles. The summed E-state index contributed by atoms with van der Waals surface area (Å²) in [7, 11) is 5.07. The second-order valence-electron chi connectivity index (χ2n) is 6.47. The quantitative estimate of drug-likeness (QED) is 0.477. The van der Waals surface area contributed by atoms with Crippen LogP contribution in [-0.2, 0) is 0 Å². The van der Waals surface area contributed by atoms with Gasteiger partial charge in [0.25, 0.3) is 0 Å². The largest absolute Gasteiger partial charge is 0.494 e. The van der Waals surface area contributed by atoms with Crippen molar-refractivity contribution < 1.29 is 9.53 Å². The number of carbonyl (C=O) groups is 1. The molecule has 0 bridgehead atoms. The number of methoxy groups -OCH3 is 1. The molecule has 0 atom stereocenters. The molecule has 7 heteroatoms. The third-order valence-electron chi connectivity index (χ3n) is 4.69. The lowest BCUT2D eigenvalue weighted by Gasteiger charge is -2.22. The molecule has 2 heterocycles. The van der Waals surface area contributed by atoms with E-state index in [2.05, 4.69) is 17.1 Å². The number of carbonyl (C=O) groups excluding carboxylic acids is 1. The van der Waals surface area contributed by atoms with Crippen molar-refractivity contribution >= 4 is 38.4 Å². The summed E-state index contributed by atoms with van der Waals surface area (Å²) < 4.78 is 6.49. The van der Waals surface area contributed by atoms with Crippen LogP contribution in [0.3, 0.4) is 0 Å². The smallest absolute Gasteiger partial charge is 0.330 e. The summed E-state index contributed by atoms with van der Waals surface area (Å²) in [6.07, 6.45) is 3.33. The van der Waals surface area contributed by atoms with Crippen LogP contribution in [0.1, 0.15) is 0 Å². The topological polar surface area (TPSA) is 58.6 Å². The minimum atomic E-state index is -0.197. The van der Waals surface area contributed by atoms with E-state index < -0.39 is 0 Å². The SMILES string of the molecule is COc1ccc(-c2ccccc2)c2sc(N(C)C(=O)N(C)c3cccnc3)nc12. The van der Waals surface area contributed by atoms with Crippen molar-refractivity contribution in [2.24, 2.45) is 0 Å². The Balaban J connectivity index is 1.75. The van der Waals surface area contributed by atoms with Crippen molar-refractivity contribution in [1.82, 2.24) is 9.97 Å². The lowest BCUT2D eigenvalue weighted by Crippen LogP contribution is -2.38. The number of fused-ring (bicyclic) bond motifs is 1. The van der Waals surface area contributed by atoms with Crippen LogP contribution < -0.4 is 14.5 Å². The van der Waals surface area contributed by atoms with Crippen LogP contribution in [0.4, 0.5) is 15.6 Å². The summed E-state index contributed by atoms with van der Waals surface area (Å²) in [5.74, 6) is 0.684. The third kappa shape index (κ3) is 3.52. The van der Waals surface area contributed by atoms with E-state index in [4.69, 9.17) is 9.72 Å². The van der Waals surface area contributed by atoms with Crippen molar-refractivity contribution in [1.29, 1.82) is 0 Å². The normalized spacial score (nSPS) is 10.7. The molecule has 0 aliphatic heterocycles. The summed E-state index contributed by atoms with van der Waals surface area (Å²) in [5, 5.41) is 0.599. The zero-order chi connectivity index (χ0) is 20.4. The molecule has 0 aliphatic rings. The number of thiazole rings is 1. The number of hydrogen-bond acceptors (Lipinski definition) is 5. The van der Waals surface area contributed by atoms with Crippen molar-refractivity contribution in [3.8, 4) is 16.9 Å². The number of hydrogen-bond donors (Lipinski definition) is 0. The summed E-state index contributed by atoms with van der Waals surface area (Å²) >= 11 is 1.47. The highest BCUT2D eigenvalue weighted by Gasteiger charge is 2.22. The molecule has 0 N–H and O–H groups in total. The molecule has 29 heavy (non-hydrogen) atoms. The van der Waals surface area contributed by atoms with E-state index in [1.54, 1.807) is 49.5 Å². The van der Waals surface area contributed by atoms with Gasteiger partial charge < -0.3 is 4.74 Å². The van der Waals surface area contributed by atoms with Crippen LogP contribution in [0.5, 0.6) is 5.75 Å². The Bertz CT molecular complexity index is 1150. The number of urea groups is 1. The number of ether oxygens (including phenoxy) is 1. The first-order chi connectivity index (χ1) is 14.1. The van der Waals surface area contributed by atoms with Crippen molar-refractivity contribution in [2.45, 2.75) is 0 Å². The van der Waals surface area contributed by atoms with Gasteiger partial charge >= 0.3 is 6.03 Å². The van der Waals surface area contributed by atoms with Gasteiger partial charge in [0, 0.05) is 25.9 Å². The molecule has 0 unspecified atom stereocenters. The van der Waals surface area contributed by atoms with Gasteiger partial charge in [-0.05, 0) is 29.8 Å². The van der Waals surface area contributed by atoms with Gasteiger partial charge in [-0.15, -0.1) is 0 Å². The zero-order valence-corrected chi connectivity index (χ0v) is 17.2. The van der Waals surface area contributed by atoms with Gasteiger partial charge in [0.05, 0.1) is 23.7 Å². The molecule has 2 amide bonds. The Hall–Kier alpha value is -3.45. The van der Waals surface area contributed by atoms with Gasteiger partial charge in [-0.3, -0.25) is 14.8 Å². The summed E-state index contributed by atoms with van der Waals surface area (Å²) in [6, 6.07) is 17.5. The van der Waals surface area contributed by atoms with Gasteiger partial charge in [0.1, 0.15) is 11.3 Å². The van der Waals surface area contributed by atoms with Gasteiger partial charge in [-0.25, -0.2) is 9.78 Å². The number of nitrogens with zero attached hydrogens (tertiary/aromatic N) is 4. The van der Waals surface area contributed by atoms with Crippen molar-refractivity contribution in [3.63, 3.8) is 0 Å². The molecular weight excluding hydrogens is 384 g/mol. The first kappa shape index (κ1) is 18.9. The summed E-state index contributed by atoms with van der Waals surface area (Å²) in [4.78, 5) is 24.9.